The van der Waals surface area contributed by atoms with Crippen LogP contribution in [0.5, 0.6) is 0 Å². The van der Waals surface area contributed by atoms with Gasteiger partial charge in [0.1, 0.15) is 6.61 Å². The number of aromatic nitrogens is 2. The van der Waals surface area contributed by atoms with Gasteiger partial charge in [0.05, 0.1) is 34.6 Å². The van der Waals surface area contributed by atoms with Crippen molar-refractivity contribution in [3.63, 3.8) is 0 Å². The molecule has 3 aliphatic heterocycles. The molecule has 0 radical (unpaired) electrons. The zero-order chi connectivity index (χ0) is 28.8. The fraction of sp³-hybridized carbons (Fsp3) is 0.467. The van der Waals surface area contributed by atoms with Crippen molar-refractivity contribution < 1.29 is 24.6 Å². The average Bonchev–Trinajstić information content (AvgIpc) is 3.26. The van der Waals surface area contributed by atoms with E-state index in [0.29, 0.717) is 46.3 Å². The lowest BCUT2D eigenvalue weighted by Crippen LogP contribution is -2.63. The quantitative estimate of drug-likeness (QED) is 0.334. The topological polar surface area (TPSA) is 134 Å². The first-order valence-electron chi connectivity index (χ1n) is 13.7. The van der Waals surface area contributed by atoms with E-state index in [1.807, 2.05) is 52.0 Å². The Balaban J connectivity index is 1.49. The van der Waals surface area contributed by atoms with Crippen LogP contribution in [0, 0.1) is 0 Å². The van der Waals surface area contributed by atoms with Crippen LogP contribution < -0.4 is 10.9 Å². The Bertz CT molecular complexity index is 1640. The summed E-state index contributed by atoms with van der Waals surface area (Å²) < 4.78 is 6.72. The number of amides is 1. The zero-order valence-corrected chi connectivity index (χ0v) is 23.4. The van der Waals surface area contributed by atoms with E-state index >= 15 is 0 Å². The van der Waals surface area contributed by atoms with E-state index in [1.165, 1.54) is 9.63 Å². The van der Waals surface area contributed by atoms with Crippen LogP contribution in [0.3, 0.4) is 0 Å². The number of hydroxylamine groups is 2. The Hall–Kier alpha value is -3.60. The number of nitrogens with zero attached hydrogens (tertiary/aromatic N) is 3. The van der Waals surface area contributed by atoms with Gasteiger partial charge in [-0.1, -0.05) is 25.1 Å². The van der Waals surface area contributed by atoms with E-state index in [4.69, 9.17) is 9.72 Å². The molecule has 40 heavy (non-hydrogen) atoms. The van der Waals surface area contributed by atoms with Crippen LogP contribution in [0.2, 0.25) is 0 Å². The molecule has 0 unspecified atom stereocenters. The number of piperidine rings is 1. The molecule has 1 fully saturated rings. The molecule has 3 aliphatic rings. The van der Waals surface area contributed by atoms with Gasteiger partial charge in [-0.15, -0.1) is 0 Å². The Morgan fingerprint density at radius 1 is 1.12 bits per heavy atom. The van der Waals surface area contributed by atoms with Crippen LogP contribution in [0.25, 0.3) is 22.3 Å². The molecule has 0 saturated carbocycles. The van der Waals surface area contributed by atoms with E-state index in [1.54, 1.807) is 13.0 Å². The Morgan fingerprint density at radius 2 is 1.80 bits per heavy atom. The standard InChI is InChI=1S/C30H34N4O6/c1-6-30(38)20-11-22-24-18(14-33(22)26(36)19(20)15-40-27(30)37)23(17-9-7-8-10-21(17)32-24)25(35)31-16-12-28(2,3)34(39)29(4,5)13-16/h7-11,16,38-39H,6,12-15H2,1-5H3,(H,31,35)/t30-/m0/s1. The van der Waals surface area contributed by atoms with Crippen LogP contribution in [0.4, 0.5) is 0 Å². The highest BCUT2D eigenvalue weighted by Gasteiger charge is 2.47. The maximum atomic E-state index is 14.1. The summed E-state index contributed by atoms with van der Waals surface area (Å²) in [4.78, 5) is 45.1. The largest absolute Gasteiger partial charge is 0.458 e. The summed E-state index contributed by atoms with van der Waals surface area (Å²) in [5, 5.41) is 27.2. The molecular formula is C30H34N4O6. The van der Waals surface area contributed by atoms with E-state index in [-0.39, 0.29) is 48.2 Å². The normalized spacial score (nSPS) is 23.3. The van der Waals surface area contributed by atoms with Gasteiger partial charge in [0, 0.05) is 33.6 Å². The number of pyridine rings is 2. The molecule has 2 aromatic heterocycles. The van der Waals surface area contributed by atoms with E-state index in [0.717, 1.165) is 0 Å². The summed E-state index contributed by atoms with van der Waals surface area (Å²) >= 11 is 0. The highest BCUT2D eigenvalue weighted by atomic mass is 16.6. The van der Waals surface area contributed by atoms with Crippen LogP contribution in [-0.2, 0) is 28.3 Å². The number of para-hydroxylation sites is 1. The number of aliphatic hydroxyl groups is 1. The predicted octanol–water partition coefficient (Wildman–Crippen LogP) is 3.22. The smallest absolute Gasteiger partial charge is 0.343 e. The highest BCUT2D eigenvalue weighted by Crippen LogP contribution is 2.41. The molecule has 10 nitrogen and oxygen atoms in total. The van der Waals surface area contributed by atoms with Gasteiger partial charge in [-0.25, -0.2) is 9.78 Å². The molecule has 6 rings (SSSR count). The van der Waals surface area contributed by atoms with Crippen molar-refractivity contribution in [3.05, 3.63) is 62.9 Å². The van der Waals surface area contributed by atoms with E-state index in [2.05, 4.69) is 5.32 Å². The number of fused-ring (bicyclic) bond motifs is 5. The molecule has 1 atom stereocenters. The second kappa shape index (κ2) is 8.70. The van der Waals surface area contributed by atoms with Gasteiger partial charge < -0.3 is 24.9 Å². The van der Waals surface area contributed by atoms with Gasteiger partial charge in [0.2, 0.25) is 0 Å². The summed E-state index contributed by atoms with van der Waals surface area (Å²) in [6.07, 6.45) is 1.16. The van der Waals surface area contributed by atoms with Gasteiger partial charge in [-0.3, -0.25) is 9.59 Å². The minimum Gasteiger partial charge on any atom is -0.458 e. The summed E-state index contributed by atoms with van der Waals surface area (Å²) in [6.45, 7) is 9.36. The number of hydrogen-bond donors (Lipinski definition) is 3. The van der Waals surface area contributed by atoms with Crippen molar-refractivity contribution in [1.29, 1.82) is 0 Å². The fourth-order valence-electron chi connectivity index (χ4n) is 6.92. The van der Waals surface area contributed by atoms with Crippen molar-refractivity contribution in [2.75, 3.05) is 0 Å². The second-order valence-electron chi connectivity index (χ2n) is 12.4. The number of rotatable bonds is 3. The van der Waals surface area contributed by atoms with E-state index < -0.39 is 22.6 Å². The minimum atomic E-state index is -1.93. The number of cyclic esters (lactones) is 1. The molecule has 10 heteroatoms. The maximum Gasteiger partial charge on any atom is 0.343 e. The van der Waals surface area contributed by atoms with Gasteiger partial charge in [-0.05, 0) is 59.1 Å². The third kappa shape index (κ3) is 3.73. The first kappa shape index (κ1) is 26.6. The summed E-state index contributed by atoms with van der Waals surface area (Å²) in [6, 6.07) is 8.82. The Kier molecular flexibility index (Phi) is 5.79. The number of benzene rings is 1. The molecule has 3 N–H and O–H groups in total. The molecule has 0 aliphatic carbocycles. The van der Waals surface area contributed by atoms with Crippen molar-refractivity contribution in [2.45, 2.75) is 89.8 Å². The zero-order valence-electron chi connectivity index (χ0n) is 23.4. The third-order valence-corrected chi connectivity index (χ3v) is 8.80. The summed E-state index contributed by atoms with van der Waals surface area (Å²) in [5.41, 5.74) is -0.331. The number of hydrogen-bond acceptors (Lipinski definition) is 8. The fourth-order valence-corrected chi connectivity index (χ4v) is 6.92. The van der Waals surface area contributed by atoms with E-state index in [9.17, 15) is 24.7 Å². The predicted molar refractivity (Wildman–Crippen MR) is 147 cm³/mol. The van der Waals surface area contributed by atoms with Crippen molar-refractivity contribution in [1.82, 2.24) is 19.9 Å². The summed E-state index contributed by atoms with van der Waals surface area (Å²) in [5.74, 6) is -1.05. The maximum absolute atomic E-state index is 14.1. The molecule has 1 amide bonds. The first-order valence-corrected chi connectivity index (χ1v) is 13.7. The van der Waals surface area contributed by atoms with Crippen LogP contribution >= 0.6 is 0 Å². The van der Waals surface area contributed by atoms with Crippen molar-refractivity contribution in [2.24, 2.45) is 0 Å². The van der Waals surface area contributed by atoms with Crippen molar-refractivity contribution in [3.8, 4) is 11.4 Å². The third-order valence-electron chi connectivity index (χ3n) is 8.80. The second-order valence-corrected chi connectivity index (χ2v) is 12.4. The highest BCUT2D eigenvalue weighted by molar-refractivity contribution is 6.09. The Morgan fingerprint density at radius 3 is 2.48 bits per heavy atom. The molecule has 1 aromatic carbocycles. The number of nitrogens with one attached hydrogen (secondary N) is 1. The first-order chi connectivity index (χ1) is 18.8. The number of carbonyl (C=O) groups excluding carboxylic acids is 2. The molecule has 0 spiro atoms. The van der Waals surface area contributed by atoms with Gasteiger partial charge in [0.25, 0.3) is 11.5 Å². The van der Waals surface area contributed by atoms with Crippen molar-refractivity contribution >= 4 is 22.8 Å². The molecule has 1 saturated heterocycles. The van der Waals surface area contributed by atoms with Crippen LogP contribution in [0.15, 0.2) is 35.1 Å². The van der Waals surface area contributed by atoms with Gasteiger partial charge in [-0.2, -0.15) is 5.06 Å². The van der Waals surface area contributed by atoms with Gasteiger partial charge >= 0.3 is 5.97 Å². The average molecular weight is 547 g/mol. The Labute approximate surface area is 231 Å². The molecule has 3 aromatic rings. The molecule has 0 bridgehead atoms. The molecule has 5 heterocycles. The van der Waals surface area contributed by atoms with Crippen LogP contribution in [0.1, 0.15) is 80.9 Å². The summed E-state index contributed by atoms with van der Waals surface area (Å²) in [7, 11) is 0. The minimum absolute atomic E-state index is 0.0484. The SMILES string of the molecule is CC[C@@]1(O)C(=O)OCc2c1cc1n(c2=O)Cc2c-1nc1ccccc1c2C(=O)NC1CC(C)(C)N(O)C(C)(C)C1. The molecule has 210 valence electrons. The monoisotopic (exact) mass is 546 g/mol. The number of ether oxygens (including phenoxy) is 1. The molecular weight excluding hydrogens is 512 g/mol. The van der Waals surface area contributed by atoms with Gasteiger partial charge in [0.15, 0.2) is 5.60 Å². The lowest BCUT2D eigenvalue weighted by molar-refractivity contribution is -0.245. The number of esters is 1. The lowest BCUT2D eigenvalue weighted by atomic mass is 9.79. The van der Waals surface area contributed by atoms with Crippen LogP contribution in [-0.4, -0.2) is 53.9 Å². The number of carbonyl (C=O) groups is 2. The lowest BCUT2D eigenvalue weighted by Gasteiger charge is -2.51.